The van der Waals surface area contributed by atoms with Gasteiger partial charge in [0.05, 0.1) is 34.2 Å². The second kappa shape index (κ2) is 17.5. The maximum absolute atomic E-state index is 12.4. The number of anilines is 2. The van der Waals surface area contributed by atoms with Crippen molar-refractivity contribution < 1.29 is 19.0 Å². The van der Waals surface area contributed by atoms with Crippen LogP contribution in [0, 0.1) is 28.1 Å². The minimum atomic E-state index is -0.634. The smallest absolute Gasteiger partial charge is 0.313 e. The Labute approximate surface area is 305 Å². The van der Waals surface area contributed by atoms with Gasteiger partial charge in [-0.2, -0.15) is 5.26 Å². The molecule has 0 radical (unpaired) electrons. The van der Waals surface area contributed by atoms with Crippen LogP contribution in [0.5, 0.6) is 0 Å². The predicted molar refractivity (Wildman–Crippen MR) is 194 cm³/mol. The Bertz CT molecular complexity index is 1620. The second-order valence-electron chi connectivity index (χ2n) is 14.8. The monoisotopic (exact) mass is 722 g/mol. The number of carbonyl (C=O) groups excluding carboxylic acids is 1. The van der Waals surface area contributed by atoms with Gasteiger partial charge in [-0.05, 0) is 82.7 Å². The van der Waals surface area contributed by atoms with Gasteiger partial charge in [-0.3, -0.25) is 4.79 Å². The molecule has 2 fully saturated rings. The van der Waals surface area contributed by atoms with E-state index in [1.54, 1.807) is 6.20 Å². The van der Waals surface area contributed by atoms with E-state index < -0.39 is 17.1 Å². The first-order valence-electron chi connectivity index (χ1n) is 17.9. The zero-order valence-corrected chi connectivity index (χ0v) is 31.1. The summed E-state index contributed by atoms with van der Waals surface area (Å²) < 4.78 is 16.9. The Morgan fingerprint density at radius 3 is 2.61 bits per heavy atom. The number of hydrogen-bond donors (Lipinski definition) is 3. The molecule has 5 rings (SSSR count). The molecule has 0 bridgehead atoms. The number of tetrazole rings is 1. The average Bonchev–Trinajstić information content (AvgIpc) is 3.59. The Hall–Kier alpha value is -3.90. The van der Waals surface area contributed by atoms with Crippen molar-refractivity contribution in [2.45, 2.75) is 98.1 Å². The fourth-order valence-electron chi connectivity index (χ4n) is 6.05. The minimum absolute atomic E-state index is 0.0236. The third-order valence-corrected chi connectivity index (χ3v) is 9.57. The quantitative estimate of drug-likeness (QED) is 0.127. The zero-order valence-electron chi connectivity index (χ0n) is 30.3. The molecule has 0 unspecified atom stereocenters. The lowest BCUT2D eigenvalue weighted by molar-refractivity contribution is -0.169. The number of halogens is 1. The number of esters is 1. The Balaban J connectivity index is 1.03. The van der Waals surface area contributed by atoms with Crippen LogP contribution >= 0.6 is 11.6 Å². The van der Waals surface area contributed by atoms with Crippen LogP contribution in [-0.4, -0.2) is 81.1 Å². The van der Waals surface area contributed by atoms with E-state index in [-0.39, 0.29) is 18.5 Å². The third-order valence-electron chi connectivity index (χ3n) is 9.27. The number of carbonyl (C=O) groups is 1. The highest BCUT2D eigenvalue weighted by Crippen LogP contribution is 2.32. The standard InChI is InChI=1S/C36H51ClN10O4/c1-24(2)33(51-34(48)35(3,4)5)47-45-32(44-46-47)21-50-18-15-39-25-9-11-26(12-10-25)42-31-19-27(28(37)20-40-31)29-7-6-8-30(43-29)41-23-36(22-38)13-16-49-17-14-36/h6-8,19-20,24-26,33,39H,9-18,21,23H2,1-5H3,(H,40,42)(H,41,43)/t25?,26?,33-/m1/s1. The van der Waals surface area contributed by atoms with Gasteiger partial charge in [0.2, 0.25) is 12.1 Å². The van der Waals surface area contributed by atoms with Crippen molar-refractivity contribution in [3.05, 3.63) is 41.3 Å². The van der Waals surface area contributed by atoms with Crippen molar-refractivity contribution in [3.8, 4) is 17.3 Å². The molecule has 1 atom stereocenters. The van der Waals surface area contributed by atoms with E-state index in [1.807, 2.05) is 58.9 Å². The molecule has 3 N–H and O–H groups in total. The summed E-state index contributed by atoms with van der Waals surface area (Å²) in [4.78, 5) is 23.1. The highest BCUT2D eigenvalue weighted by molar-refractivity contribution is 6.33. The van der Waals surface area contributed by atoms with Crippen molar-refractivity contribution in [1.29, 1.82) is 5.26 Å². The number of nitrogens with zero attached hydrogens (tertiary/aromatic N) is 7. The van der Waals surface area contributed by atoms with Crippen molar-refractivity contribution in [2.75, 3.05) is 43.5 Å². The van der Waals surface area contributed by atoms with E-state index >= 15 is 0 Å². The molecule has 1 saturated heterocycles. The minimum Gasteiger partial charge on any atom is -0.437 e. The molecule has 2 aliphatic rings. The van der Waals surface area contributed by atoms with Gasteiger partial charge in [-0.25, -0.2) is 9.97 Å². The summed E-state index contributed by atoms with van der Waals surface area (Å²) in [5, 5.41) is 33.5. The number of aromatic nitrogens is 6. The zero-order chi connectivity index (χ0) is 36.4. The number of hydrogen-bond acceptors (Lipinski definition) is 13. The van der Waals surface area contributed by atoms with Crippen LogP contribution in [-0.2, 0) is 25.6 Å². The van der Waals surface area contributed by atoms with Gasteiger partial charge >= 0.3 is 5.97 Å². The first kappa shape index (κ1) is 38.3. The number of nitriles is 1. The van der Waals surface area contributed by atoms with Crippen LogP contribution in [0.1, 0.15) is 85.2 Å². The number of pyridine rings is 2. The summed E-state index contributed by atoms with van der Waals surface area (Å²) in [6.45, 7) is 12.5. The normalized spacial score (nSPS) is 19.6. The molecular weight excluding hydrogens is 672 g/mol. The van der Waals surface area contributed by atoms with Gasteiger partial charge in [0.1, 0.15) is 18.2 Å². The third kappa shape index (κ3) is 10.8. The second-order valence-corrected chi connectivity index (χ2v) is 15.2. The average molecular weight is 723 g/mol. The van der Waals surface area contributed by atoms with Gasteiger partial charge in [-0.1, -0.05) is 31.5 Å². The lowest BCUT2D eigenvalue weighted by Crippen LogP contribution is -2.38. The maximum Gasteiger partial charge on any atom is 0.313 e. The molecule has 3 aromatic heterocycles. The summed E-state index contributed by atoms with van der Waals surface area (Å²) in [6.07, 6.45) is 6.52. The molecule has 0 spiro atoms. The number of ether oxygens (including phenoxy) is 3. The molecule has 1 aliphatic carbocycles. The van der Waals surface area contributed by atoms with Crippen LogP contribution in [0.4, 0.5) is 11.6 Å². The van der Waals surface area contributed by atoms with Crippen LogP contribution in [0.2, 0.25) is 5.02 Å². The highest BCUT2D eigenvalue weighted by atomic mass is 35.5. The van der Waals surface area contributed by atoms with Crippen molar-refractivity contribution in [3.63, 3.8) is 0 Å². The van der Waals surface area contributed by atoms with Crippen molar-refractivity contribution in [2.24, 2.45) is 16.7 Å². The molecule has 1 aliphatic heterocycles. The molecule has 4 heterocycles. The lowest BCUT2D eigenvalue weighted by Gasteiger charge is -2.30. The Morgan fingerprint density at radius 2 is 1.90 bits per heavy atom. The molecular formula is C36H51ClN10O4. The molecule has 14 nitrogen and oxygen atoms in total. The molecule has 51 heavy (non-hydrogen) atoms. The van der Waals surface area contributed by atoms with Gasteiger partial charge in [-0.15, -0.1) is 15.0 Å². The molecule has 0 amide bonds. The van der Waals surface area contributed by atoms with Gasteiger partial charge in [0.15, 0.2) is 0 Å². The largest absolute Gasteiger partial charge is 0.437 e. The first-order valence-corrected chi connectivity index (χ1v) is 18.3. The molecule has 1 saturated carbocycles. The Morgan fingerprint density at radius 1 is 1.16 bits per heavy atom. The van der Waals surface area contributed by atoms with Crippen LogP contribution in [0.15, 0.2) is 30.5 Å². The van der Waals surface area contributed by atoms with Crippen LogP contribution in [0.3, 0.4) is 0 Å². The van der Waals surface area contributed by atoms with Crippen LogP contribution in [0.25, 0.3) is 11.3 Å². The summed E-state index contributed by atoms with van der Waals surface area (Å²) in [5.74, 6) is 1.57. The number of nitrogens with one attached hydrogen (secondary N) is 3. The molecule has 15 heteroatoms. The van der Waals surface area contributed by atoms with Gasteiger partial charge < -0.3 is 30.2 Å². The van der Waals surface area contributed by atoms with E-state index in [1.165, 1.54) is 4.80 Å². The summed E-state index contributed by atoms with van der Waals surface area (Å²) in [7, 11) is 0. The summed E-state index contributed by atoms with van der Waals surface area (Å²) in [6, 6.07) is 10.9. The van der Waals surface area contributed by atoms with Crippen LogP contribution < -0.4 is 16.0 Å². The Kier molecular flexibility index (Phi) is 13.2. The predicted octanol–water partition coefficient (Wildman–Crippen LogP) is 5.79. The number of rotatable bonds is 15. The molecule has 0 aromatic carbocycles. The van der Waals surface area contributed by atoms with E-state index in [0.717, 1.165) is 42.8 Å². The van der Waals surface area contributed by atoms with E-state index in [4.69, 9.17) is 30.8 Å². The highest BCUT2D eigenvalue weighted by Gasteiger charge is 2.33. The van der Waals surface area contributed by atoms with Gasteiger partial charge in [0, 0.05) is 56.1 Å². The maximum atomic E-state index is 12.4. The van der Waals surface area contributed by atoms with Crippen molar-refractivity contribution >= 4 is 29.2 Å². The first-order chi connectivity index (χ1) is 24.4. The fraction of sp³-hybridized carbons (Fsp3) is 0.639. The van der Waals surface area contributed by atoms with E-state index in [0.29, 0.717) is 74.5 Å². The summed E-state index contributed by atoms with van der Waals surface area (Å²) in [5.41, 5.74) is 0.470. The van der Waals surface area contributed by atoms with E-state index in [9.17, 15) is 10.1 Å². The van der Waals surface area contributed by atoms with E-state index in [2.05, 4.69) is 42.4 Å². The molecule has 3 aromatic rings. The lowest BCUT2D eigenvalue weighted by atomic mass is 9.82. The summed E-state index contributed by atoms with van der Waals surface area (Å²) >= 11 is 6.60. The molecule has 276 valence electrons. The topological polar surface area (TPSA) is 174 Å². The SMILES string of the molecule is CC(C)[C@@H](OC(=O)C(C)(C)C)n1nnc(COCCNC2CCC(Nc3cc(-c4cccc(NCC5(C#N)CCOCC5)n4)c(Cl)cn3)CC2)n1. The van der Waals surface area contributed by atoms with Gasteiger partial charge in [0.25, 0.3) is 0 Å². The fourth-order valence-corrected chi connectivity index (χ4v) is 6.25. The van der Waals surface area contributed by atoms with Crippen molar-refractivity contribution in [1.82, 2.24) is 35.5 Å².